The van der Waals surface area contributed by atoms with Crippen LogP contribution in [0.4, 0.5) is 0 Å². The fourth-order valence-electron chi connectivity index (χ4n) is 3.71. The Labute approximate surface area is 215 Å². The third-order valence-electron chi connectivity index (χ3n) is 5.60. The molecule has 0 saturated carbocycles. The fourth-order valence-corrected chi connectivity index (χ4v) is 5.72. The van der Waals surface area contributed by atoms with Crippen LogP contribution >= 0.6 is 7.52 Å². The molecule has 4 aromatic rings. The van der Waals surface area contributed by atoms with Gasteiger partial charge >= 0.3 is 13.5 Å². The Morgan fingerprint density at radius 3 is 2.57 bits per heavy atom. The molecular formula is C26H30N5O5P. The monoisotopic (exact) mass is 523 g/mol. The maximum absolute atomic E-state index is 13.4. The molecule has 2 heterocycles. The van der Waals surface area contributed by atoms with Crippen molar-refractivity contribution in [2.24, 2.45) is 0 Å². The number of carboxylic acids is 1. The highest BCUT2D eigenvalue weighted by atomic mass is 31.2. The van der Waals surface area contributed by atoms with E-state index in [0.717, 1.165) is 22.2 Å². The van der Waals surface area contributed by atoms with Crippen molar-refractivity contribution in [3.05, 3.63) is 84.3 Å². The number of para-hydroxylation sites is 1. The molecule has 4 N–H and O–H groups in total. The minimum absolute atomic E-state index is 0.167. The molecule has 2 aromatic heterocycles. The van der Waals surface area contributed by atoms with Crippen LogP contribution in [0.1, 0.15) is 24.5 Å². The Hall–Kier alpha value is -3.72. The van der Waals surface area contributed by atoms with E-state index in [1.54, 1.807) is 24.3 Å². The van der Waals surface area contributed by atoms with Gasteiger partial charge in [-0.25, -0.2) is 10.1 Å². The van der Waals surface area contributed by atoms with Gasteiger partial charge in [0.15, 0.2) is 0 Å². The first-order chi connectivity index (χ1) is 17.9. The highest BCUT2D eigenvalue weighted by Crippen LogP contribution is 2.44. The number of hydrogen-bond donors (Lipinski definition) is 4. The van der Waals surface area contributed by atoms with Gasteiger partial charge in [0, 0.05) is 18.3 Å². The Balaban J connectivity index is 1.32. The van der Waals surface area contributed by atoms with Gasteiger partial charge in [0.05, 0.1) is 11.7 Å². The molecule has 11 heteroatoms. The molecule has 0 amide bonds. The first-order valence-electron chi connectivity index (χ1n) is 12.0. The molecule has 2 unspecified atom stereocenters. The summed E-state index contributed by atoms with van der Waals surface area (Å²) in [4.78, 5) is 23.2. The minimum Gasteiger partial charge on any atom is -0.480 e. The molecule has 2 atom stereocenters. The van der Waals surface area contributed by atoms with Crippen LogP contribution < -0.4 is 19.7 Å². The fraction of sp³-hybridized carbons (Fsp3) is 0.269. The standard InChI is InChI=1S/C26H30N5O5P/c1-19(26(32)33)31-37(34,36-22-11-6-3-7-12-22)14-8-13-27-15-21-16-28-24-23(21)29-18-30-25(24)35-17-20-9-4-2-5-10-20/h2-7,9-12,16,18-19,27-28H,8,13-15,17H2,1H3,(H,31,34)(H,32,33). The van der Waals surface area contributed by atoms with Crippen molar-refractivity contribution in [1.82, 2.24) is 25.4 Å². The van der Waals surface area contributed by atoms with Crippen molar-refractivity contribution in [3.8, 4) is 11.6 Å². The predicted octanol–water partition coefficient (Wildman–Crippen LogP) is 4.35. The van der Waals surface area contributed by atoms with Crippen molar-refractivity contribution in [2.45, 2.75) is 32.5 Å². The van der Waals surface area contributed by atoms with Gasteiger partial charge in [0.1, 0.15) is 30.2 Å². The van der Waals surface area contributed by atoms with E-state index < -0.39 is 19.5 Å². The Morgan fingerprint density at radius 1 is 1.11 bits per heavy atom. The highest BCUT2D eigenvalue weighted by Gasteiger charge is 2.29. The first-order valence-corrected chi connectivity index (χ1v) is 13.8. The summed E-state index contributed by atoms with van der Waals surface area (Å²) in [6, 6.07) is 17.6. The molecule has 4 rings (SSSR count). The molecular weight excluding hydrogens is 493 g/mol. The first kappa shape index (κ1) is 26.3. The Kier molecular flexibility index (Phi) is 8.90. The van der Waals surface area contributed by atoms with E-state index in [9.17, 15) is 14.5 Å². The van der Waals surface area contributed by atoms with Crippen LogP contribution in [-0.4, -0.2) is 44.8 Å². The molecule has 10 nitrogen and oxygen atoms in total. The number of aliphatic carboxylic acids is 1. The van der Waals surface area contributed by atoms with Crippen LogP contribution in [0.2, 0.25) is 0 Å². The second-order valence-corrected chi connectivity index (χ2v) is 10.7. The number of nitrogens with zero attached hydrogens (tertiary/aromatic N) is 2. The normalized spacial score (nSPS) is 13.6. The zero-order valence-electron chi connectivity index (χ0n) is 20.5. The van der Waals surface area contributed by atoms with Gasteiger partial charge in [-0.05, 0) is 37.6 Å². The zero-order valence-corrected chi connectivity index (χ0v) is 21.4. The maximum Gasteiger partial charge on any atom is 0.320 e. The van der Waals surface area contributed by atoms with E-state index in [1.807, 2.05) is 42.6 Å². The summed E-state index contributed by atoms with van der Waals surface area (Å²) in [6.45, 7) is 2.91. The second kappa shape index (κ2) is 12.5. The topological polar surface area (TPSA) is 138 Å². The average molecular weight is 524 g/mol. The van der Waals surface area contributed by atoms with Crippen molar-refractivity contribution in [3.63, 3.8) is 0 Å². The second-order valence-electron chi connectivity index (χ2n) is 8.51. The quantitative estimate of drug-likeness (QED) is 0.140. The van der Waals surface area contributed by atoms with Crippen LogP contribution in [0.5, 0.6) is 11.6 Å². The number of aromatic nitrogens is 3. The molecule has 194 valence electrons. The molecule has 0 saturated heterocycles. The molecule has 0 bridgehead atoms. The van der Waals surface area contributed by atoms with Crippen LogP contribution in [0.15, 0.2) is 73.2 Å². The van der Waals surface area contributed by atoms with Crippen LogP contribution in [0, 0.1) is 0 Å². The van der Waals surface area contributed by atoms with Crippen molar-refractivity contribution in [1.29, 1.82) is 0 Å². The van der Waals surface area contributed by atoms with Gasteiger partial charge in [0.2, 0.25) is 5.88 Å². The summed E-state index contributed by atoms with van der Waals surface area (Å²) in [5, 5.41) is 15.2. The number of carboxylic acid groups (broad SMARTS) is 1. The van der Waals surface area contributed by atoms with E-state index in [0.29, 0.717) is 37.7 Å². The largest absolute Gasteiger partial charge is 0.480 e. The zero-order chi connectivity index (χ0) is 26.1. The number of H-pyrrole nitrogens is 1. The molecule has 2 aromatic carbocycles. The third-order valence-corrected chi connectivity index (χ3v) is 7.80. The molecule has 0 radical (unpaired) electrons. The van der Waals surface area contributed by atoms with Crippen molar-refractivity contribution in [2.75, 3.05) is 12.7 Å². The van der Waals surface area contributed by atoms with E-state index in [2.05, 4.69) is 25.4 Å². The summed E-state index contributed by atoms with van der Waals surface area (Å²) in [5.41, 5.74) is 3.48. The van der Waals surface area contributed by atoms with Crippen molar-refractivity contribution < 1.29 is 23.7 Å². The molecule has 0 spiro atoms. The number of nitrogens with one attached hydrogen (secondary N) is 3. The number of rotatable bonds is 14. The van der Waals surface area contributed by atoms with Gasteiger partial charge in [-0.1, -0.05) is 48.5 Å². The van der Waals surface area contributed by atoms with Crippen LogP contribution in [0.3, 0.4) is 0 Å². The molecule has 0 aliphatic carbocycles. The number of ether oxygens (including phenoxy) is 1. The Bertz CT molecular complexity index is 1350. The van der Waals surface area contributed by atoms with E-state index >= 15 is 0 Å². The number of carbonyl (C=O) groups is 1. The summed E-state index contributed by atoms with van der Waals surface area (Å²) in [7, 11) is -3.44. The lowest BCUT2D eigenvalue weighted by molar-refractivity contribution is -0.138. The third kappa shape index (κ3) is 7.39. The van der Waals surface area contributed by atoms with Gasteiger partial charge in [-0.2, -0.15) is 4.98 Å². The number of benzene rings is 2. The highest BCUT2D eigenvalue weighted by molar-refractivity contribution is 7.57. The summed E-state index contributed by atoms with van der Waals surface area (Å²) in [5.74, 6) is -0.186. The lowest BCUT2D eigenvalue weighted by Crippen LogP contribution is -2.34. The molecule has 0 aliphatic rings. The molecule has 0 aliphatic heterocycles. The van der Waals surface area contributed by atoms with Gasteiger partial charge < -0.3 is 24.7 Å². The SMILES string of the molecule is CC(NP(=O)(CCCNCc1c[nH]c2c(OCc3ccccc3)ncnc12)Oc1ccccc1)C(=O)O. The van der Waals surface area contributed by atoms with Gasteiger partial charge in [-0.3, -0.25) is 9.36 Å². The minimum atomic E-state index is -3.44. The molecule has 37 heavy (non-hydrogen) atoms. The van der Waals surface area contributed by atoms with E-state index in [1.165, 1.54) is 13.3 Å². The summed E-state index contributed by atoms with van der Waals surface area (Å²) < 4.78 is 25.0. The number of fused-ring (bicyclic) bond motifs is 1. The van der Waals surface area contributed by atoms with Gasteiger partial charge in [-0.15, -0.1) is 0 Å². The summed E-state index contributed by atoms with van der Waals surface area (Å²) >= 11 is 0. The van der Waals surface area contributed by atoms with Crippen LogP contribution in [-0.2, 0) is 22.5 Å². The smallest absolute Gasteiger partial charge is 0.320 e. The number of aromatic amines is 1. The molecule has 0 fully saturated rings. The van der Waals surface area contributed by atoms with Gasteiger partial charge in [0.25, 0.3) is 0 Å². The lowest BCUT2D eigenvalue weighted by atomic mass is 10.2. The number of hydrogen-bond acceptors (Lipinski definition) is 7. The van der Waals surface area contributed by atoms with Crippen molar-refractivity contribution >= 4 is 24.5 Å². The van der Waals surface area contributed by atoms with E-state index in [-0.39, 0.29) is 6.16 Å². The average Bonchev–Trinajstić information content (AvgIpc) is 3.32. The summed E-state index contributed by atoms with van der Waals surface area (Å²) in [6.07, 6.45) is 4.01. The lowest BCUT2D eigenvalue weighted by Gasteiger charge is -2.22. The van der Waals surface area contributed by atoms with Crippen LogP contribution in [0.25, 0.3) is 11.0 Å². The maximum atomic E-state index is 13.4. The predicted molar refractivity (Wildman–Crippen MR) is 141 cm³/mol. The Morgan fingerprint density at radius 2 is 1.84 bits per heavy atom. The van der Waals surface area contributed by atoms with E-state index in [4.69, 9.17) is 9.26 Å².